The maximum absolute atomic E-state index is 5.63. The number of nitrogens with zero attached hydrogens (tertiary/aromatic N) is 9. The Morgan fingerprint density at radius 2 is 1.80 bits per heavy atom. The highest BCUT2D eigenvalue weighted by Crippen LogP contribution is 2.47. The number of fused-ring (bicyclic) bond motifs is 2. The minimum atomic E-state index is 0.463. The lowest BCUT2D eigenvalue weighted by molar-refractivity contribution is 0.386. The summed E-state index contributed by atoms with van der Waals surface area (Å²) in [7, 11) is 5.74. The van der Waals surface area contributed by atoms with Crippen LogP contribution in [0.5, 0.6) is 5.88 Å². The van der Waals surface area contributed by atoms with Gasteiger partial charge in [-0.1, -0.05) is 19.1 Å². The summed E-state index contributed by atoms with van der Waals surface area (Å²) in [5.74, 6) is 2.04. The number of methoxy groups -OCH3 is 1. The van der Waals surface area contributed by atoms with E-state index in [1.807, 2.05) is 33.5 Å². The molecular weight excluding hydrogens is 502 g/mol. The maximum atomic E-state index is 5.63. The fourth-order valence-corrected chi connectivity index (χ4v) is 5.92. The van der Waals surface area contributed by atoms with Crippen molar-refractivity contribution in [3.8, 4) is 34.2 Å². The van der Waals surface area contributed by atoms with Gasteiger partial charge in [0.15, 0.2) is 5.65 Å². The van der Waals surface area contributed by atoms with Crippen LogP contribution in [0.4, 0.5) is 0 Å². The van der Waals surface area contributed by atoms with E-state index in [9.17, 15) is 0 Å². The smallest absolute Gasteiger partial charge is 0.258 e. The summed E-state index contributed by atoms with van der Waals surface area (Å²) in [6, 6.07) is 8.96. The van der Waals surface area contributed by atoms with Crippen LogP contribution in [0.1, 0.15) is 56.0 Å². The highest BCUT2D eigenvalue weighted by molar-refractivity contribution is 5.95. The summed E-state index contributed by atoms with van der Waals surface area (Å²) in [5, 5.41) is 16.2. The van der Waals surface area contributed by atoms with Crippen molar-refractivity contribution < 1.29 is 4.74 Å². The first-order chi connectivity index (χ1) is 19.5. The second kappa shape index (κ2) is 8.51. The second-order valence-corrected chi connectivity index (χ2v) is 11.1. The zero-order chi connectivity index (χ0) is 27.1. The fourth-order valence-electron chi connectivity index (χ4n) is 5.92. The predicted octanol–water partition coefficient (Wildman–Crippen LogP) is 5.35. The highest BCUT2D eigenvalue weighted by Gasteiger charge is 2.33. The van der Waals surface area contributed by atoms with E-state index >= 15 is 0 Å². The van der Waals surface area contributed by atoms with Crippen molar-refractivity contribution >= 4 is 21.9 Å². The van der Waals surface area contributed by atoms with Crippen LogP contribution in [0.25, 0.3) is 50.3 Å². The molecule has 0 bridgehead atoms. The van der Waals surface area contributed by atoms with Gasteiger partial charge >= 0.3 is 0 Å². The zero-order valence-corrected chi connectivity index (χ0v) is 23.2. The van der Waals surface area contributed by atoms with Gasteiger partial charge in [0.1, 0.15) is 11.5 Å². The summed E-state index contributed by atoms with van der Waals surface area (Å²) >= 11 is 0. The first kappa shape index (κ1) is 23.4. The molecular formula is C30H31N9O. The van der Waals surface area contributed by atoms with E-state index < -0.39 is 0 Å². The third kappa shape index (κ3) is 3.58. The number of aromatic nitrogens is 9. The molecule has 0 unspecified atom stereocenters. The predicted molar refractivity (Wildman–Crippen MR) is 153 cm³/mol. The summed E-state index contributed by atoms with van der Waals surface area (Å²) in [4.78, 5) is 10.3. The number of imidazole rings is 1. The Bertz CT molecular complexity index is 1930. The van der Waals surface area contributed by atoms with Crippen LogP contribution in [0.3, 0.4) is 0 Å². The summed E-state index contributed by atoms with van der Waals surface area (Å²) < 4.78 is 13.6. The Labute approximate surface area is 231 Å². The Morgan fingerprint density at radius 3 is 2.55 bits per heavy atom. The van der Waals surface area contributed by atoms with Crippen LogP contribution in [0, 0.1) is 0 Å². The van der Waals surface area contributed by atoms with Crippen LogP contribution in [-0.4, -0.2) is 51.0 Å². The van der Waals surface area contributed by atoms with Crippen molar-refractivity contribution in [2.24, 2.45) is 14.1 Å². The topological polar surface area (TPSA) is 93.4 Å². The third-order valence-electron chi connectivity index (χ3n) is 8.21. The van der Waals surface area contributed by atoms with Crippen molar-refractivity contribution in [2.45, 2.75) is 51.0 Å². The molecule has 1 aromatic carbocycles. The second-order valence-electron chi connectivity index (χ2n) is 11.1. The van der Waals surface area contributed by atoms with E-state index in [0.29, 0.717) is 17.8 Å². The summed E-state index contributed by atoms with van der Waals surface area (Å²) in [5.41, 5.74) is 8.02. The van der Waals surface area contributed by atoms with E-state index in [2.05, 4.69) is 59.2 Å². The van der Waals surface area contributed by atoms with Crippen LogP contribution in [0.2, 0.25) is 0 Å². The third-order valence-corrected chi connectivity index (χ3v) is 8.21. The van der Waals surface area contributed by atoms with Crippen molar-refractivity contribution in [1.29, 1.82) is 0 Å². The molecule has 40 heavy (non-hydrogen) atoms. The van der Waals surface area contributed by atoms with Gasteiger partial charge in [0, 0.05) is 60.0 Å². The Kier molecular flexibility index (Phi) is 4.98. The number of aryl methyl sites for hydroxylation is 2. The van der Waals surface area contributed by atoms with Gasteiger partial charge in [-0.3, -0.25) is 9.36 Å². The van der Waals surface area contributed by atoms with Gasteiger partial charge in [-0.15, -0.1) is 5.10 Å². The molecule has 2 saturated carbocycles. The molecule has 0 radical (unpaired) electrons. The number of ether oxygens (including phenoxy) is 1. The molecule has 0 spiro atoms. The van der Waals surface area contributed by atoms with E-state index in [0.717, 1.165) is 75.2 Å². The molecule has 10 heteroatoms. The summed E-state index contributed by atoms with van der Waals surface area (Å²) in [6.45, 7) is 2.14. The summed E-state index contributed by atoms with van der Waals surface area (Å²) in [6.07, 6.45) is 11.6. The molecule has 0 atom stereocenters. The van der Waals surface area contributed by atoms with Gasteiger partial charge < -0.3 is 9.30 Å². The standard InChI is InChI=1S/C30H31N9O/c1-5-23-21(13-18-14-36(2)34-28(18)31-23)29-32-26(27(37(29)3)17-9-10-17)20-7-6-8-24-22(20)15-39(33-24)25-16-38(19-11-12-19)35-30(25)40-4/h6-8,13-17,19H,5,9-12H2,1-4H3. The molecule has 2 aliphatic rings. The lowest BCUT2D eigenvalue weighted by atomic mass is 10.0. The van der Waals surface area contributed by atoms with Crippen LogP contribution in [-0.2, 0) is 20.5 Å². The lowest BCUT2D eigenvalue weighted by Gasteiger charge is -2.09. The van der Waals surface area contributed by atoms with Crippen molar-refractivity contribution in [3.63, 3.8) is 0 Å². The first-order valence-electron chi connectivity index (χ1n) is 14.0. The molecule has 202 valence electrons. The quantitative estimate of drug-likeness (QED) is 0.274. The number of hydrogen-bond acceptors (Lipinski definition) is 6. The molecule has 0 amide bonds. The van der Waals surface area contributed by atoms with Crippen LogP contribution in [0.15, 0.2) is 42.9 Å². The van der Waals surface area contributed by atoms with E-state index in [4.69, 9.17) is 19.8 Å². The fraction of sp³-hybridized carbons (Fsp3) is 0.367. The Hall–Kier alpha value is -4.47. The number of hydrogen-bond donors (Lipinski definition) is 0. The average molecular weight is 534 g/mol. The highest BCUT2D eigenvalue weighted by atomic mass is 16.5. The molecule has 5 aromatic heterocycles. The lowest BCUT2D eigenvalue weighted by Crippen LogP contribution is -2.01. The average Bonchev–Trinajstić information content (AvgIpc) is 3.82. The number of pyridine rings is 1. The molecule has 2 aliphatic carbocycles. The van der Waals surface area contributed by atoms with Gasteiger partial charge in [0.05, 0.1) is 36.3 Å². The SMILES string of the molecule is CCc1nc2nn(C)cc2cc1-c1nc(-c2cccc3nn(-c4cn(C5CC5)nc4OC)cc23)c(C2CC2)n1C. The molecule has 2 fully saturated rings. The molecule has 0 saturated heterocycles. The molecule has 0 N–H and O–H groups in total. The van der Waals surface area contributed by atoms with Gasteiger partial charge in [0.25, 0.3) is 5.88 Å². The Morgan fingerprint density at radius 1 is 0.950 bits per heavy atom. The Balaban J connectivity index is 1.30. The van der Waals surface area contributed by atoms with Crippen molar-refractivity contribution in [1.82, 2.24) is 43.9 Å². The molecule has 10 nitrogen and oxygen atoms in total. The van der Waals surface area contributed by atoms with Crippen LogP contribution < -0.4 is 4.74 Å². The van der Waals surface area contributed by atoms with E-state index in [-0.39, 0.29) is 0 Å². The maximum Gasteiger partial charge on any atom is 0.258 e. The molecule has 0 aliphatic heterocycles. The monoisotopic (exact) mass is 533 g/mol. The minimum absolute atomic E-state index is 0.463. The van der Waals surface area contributed by atoms with Gasteiger partial charge in [0.2, 0.25) is 0 Å². The zero-order valence-electron chi connectivity index (χ0n) is 23.2. The molecule has 8 rings (SSSR count). The van der Waals surface area contributed by atoms with Crippen molar-refractivity contribution in [3.05, 3.63) is 54.2 Å². The molecule has 5 heterocycles. The van der Waals surface area contributed by atoms with Gasteiger partial charge in [-0.25, -0.2) is 14.6 Å². The van der Waals surface area contributed by atoms with Crippen LogP contribution >= 0.6 is 0 Å². The largest absolute Gasteiger partial charge is 0.478 e. The number of rotatable bonds is 7. The van der Waals surface area contributed by atoms with Crippen molar-refractivity contribution in [2.75, 3.05) is 7.11 Å². The van der Waals surface area contributed by atoms with E-state index in [1.165, 1.54) is 18.5 Å². The van der Waals surface area contributed by atoms with Gasteiger partial charge in [-0.2, -0.15) is 10.2 Å². The number of benzene rings is 1. The van der Waals surface area contributed by atoms with E-state index in [1.54, 1.807) is 7.11 Å². The normalized spacial score (nSPS) is 15.5. The minimum Gasteiger partial charge on any atom is -0.478 e. The first-order valence-corrected chi connectivity index (χ1v) is 14.0. The van der Waals surface area contributed by atoms with Gasteiger partial charge in [-0.05, 0) is 44.2 Å². The molecule has 6 aromatic rings.